The van der Waals surface area contributed by atoms with E-state index in [4.69, 9.17) is 10.8 Å². The smallest absolute Gasteiger partial charge is 0.358 e. The zero-order valence-corrected chi connectivity index (χ0v) is 11.4. The van der Waals surface area contributed by atoms with Gasteiger partial charge < -0.3 is 10.8 Å². The highest BCUT2D eigenvalue weighted by atomic mass is 32.1. The predicted molar refractivity (Wildman–Crippen MR) is 70.3 cm³/mol. The molecule has 2 heterocycles. The molecule has 7 nitrogen and oxygen atoms in total. The number of nitrogens with zero attached hydrogens (tertiary/aromatic N) is 4. The Balaban J connectivity index is 2.26. The summed E-state index contributed by atoms with van der Waals surface area (Å²) in [7, 11) is 0. The number of nitrogens with two attached hydrogens (primary N) is 1. The third-order valence-corrected chi connectivity index (χ3v) is 3.68. The van der Waals surface area contributed by atoms with Crippen LogP contribution < -0.4 is 5.73 Å². The van der Waals surface area contributed by atoms with Gasteiger partial charge in [-0.25, -0.2) is 14.5 Å². The quantitative estimate of drug-likeness (QED) is 0.800. The van der Waals surface area contributed by atoms with E-state index in [1.54, 1.807) is 16.0 Å². The summed E-state index contributed by atoms with van der Waals surface area (Å²) < 4.78 is 1.56. The van der Waals surface area contributed by atoms with Crippen LogP contribution >= 0.6 is 11.3 Å². The van der Waals surface area contributed by atoms with Crippen molar-refractivity contribution in [3.63, 3.8) is 0 Å². The second kappa shape index (κ2) is 5.89. The second-order valence-corrected chi connectivity index (χ2v) is 4.92. The van der Waals surface area contributed by atoms with E-state index in [1.165, 1.54) is 0 Å². The fourth-order valence-corrected chi connectivity index (χ4v) is 2.48. The maximum absolute atomic E-state index is 11.0. The molecular formula is C11H15N5O2S. The van der Waals surface area contributed by atoms with Crippen LogP contribution in [-0.2, 0) is 19.4 Å². The van der Waals surface area contributed by atoms with Crippen molar-refractivity contribution >= 4 is 17.3 Å². The number of hydrogen-bond acceptors (Lipinski definition) is 6. The molecule has 0 radical (unpaired) electrons. The van der Waals surface area contributed by atoms with Gasteiger partial charge in [-0.15, -0.1) is 16.4 Å². The first-order valence-electron chi connectivity index (χ1n) is 5.94. The summed E-state index contributed by atoms with van der Waals surface area (Å²) in [6.45, 7) is 2.82. The number of thiazole rings is 1. The maximum atomic E-state index is 11.0. The molecule has 0 saturated heterocycles. The van der Waals surface area contributed by atoms with E-state index < -0.39 is 5.97 Å². The minimum atomic E-state index is -1.08. The maximum Gasteiger partial charge on any atom is 0.358 e. The van der Waals surface area contributed by atoms with Crippen molar-refractivity contribution in [1.29, 1.82) is 0 Å². The molecule has 0 atom stereocenters. The summed E-state index contributed by atoms with van der Waals surface area (Å²) >= 11 is 1.59. The van der Waals surface area contributed by atoms with Crippen molar-refractivity contribution in [2.75, 3.05) is 6.54 Å². The number of hydrogen-bond donors (Lipinski definition) is 2. The summed E-state index contributed by atoms with van der Waals surface area (Å²) in [4.78, 5) is 15.5. The Morgan fingerprint density at radius 3 is 2.95 bits per heavy atom. The molecule has 2 rings (SSSR count). The molecule has 0 spiro atoms. The first-order chi connectivity index (χ1) is 9.15. The third kappa shape index (κ3) is 2.96. The fourth-order valence-electron chi connectivity index (χ4n) is 1.75. The third-order valence-electron chi connectivity index (χ3n) is 2.63. The van der Waals surface area contributed by atoms with Gasteiger partial charge in [0.2, 0.25) is 0 Å². The van der Waals surface area contributed by atoms with Crippen LogP contribution in [-0.4, -0.2) is 37.6 Å². The molecule has 0 aliphatic carbocycles. The van der Waals surface area contributed by atoms with Gasteiger partial charge in [0.05, 0.1) is 22.9 Å². The lowest BCUT2D eigenvalue weighted by Crippen LogP contribution is -2.14. The van der Waals surface area contributed by atoms with Crippen LogP contribution in [0.1, 0.15) is 33.8 Å². The average molecular weight is 281 g/mol. The van der Waals surface area contributed by atoms with Gasteiger partial charge in [-0.05, 0) is 13.0 Å². The molecule has 102 valence electrons. The fraction of sp³-hybridized carbons (Fsp3) is 0.455. The highest BCUT2D eigenvalue weighted by molar-refractivity contribution is 7.09. The SMILES string of the molecule is CCc1nc(Cn2nnc(C(=O)O)c2CCN)cs1. The number of carboxylic acids is 1. The van der Waals surface area contributed by atoms with Crippen molar-refractivity contribution in [2.45, 2.75) is 26.3 Å². The second-order valence-electron chi connectivity index (χ2n) is 3.97. The standard InChI is InChI=1S/C11H15N5O2S/c1-2-9-13-7(6-19-9)5-16-8(3-4-12)10(11(17)18)14-15-16/h6H,2-5,12H2,1H3,(H,17,18). The molecule has 0 amide bonds. The van der Waals surface area contributed by atoms with Crippen molar-refractivity contribution in [2.24, 2.45) is 5.73 Å². The minimum Gasteiger partial charge on any atom is -0.476 e. The van der Waals surface area contributed by atoms with Crippen molar-refractivity contribution in [3.05, 3.63) is 27.5 Å². The van der Waals surface area contributed by atoms with E-state index in [0.717, 1.165) is 17.1 Å². The zero-order chi connectivity index (χ0) is 13.8. The van der Waals surface area contributed by atoms with Crippen LogP contribution in [0, 0.1) is 0 Å². The molecule has 8 heteroatoms. The van der Waals surface area contributed by atoms with E-state index in [0.29, 0.717) is 25.2 Å². The largest absolute Gasteiger partial charge is 0.476 e. The Morgan fingerprint density at radius 1 is 1.58 bits per heavy atom. The van der Waals surface area contributed by atoms with Gasteiger partial charge >= 0.3 is 5.97 Å². The van der Waals surface area contributed by atoms with Crippen LogP contribution in [0.3, 0.4) is 0 Å². The summed E-state index contributed by atoms with van der Waals surface area (Å²) in [6.07, 6.45) is 1.32. The summed E-state index contributed by atoms with van der Waals surface area (Å²) in [5.41, 5.74) is 6.88. The highest BCUT2D eigenvalue weighted by Crippen LogP contribution is 2.13. The number of carboxylic acid groups (broad SMARTS) is 1. The molecule has 0 unspecified atom stereocenters. The molecule has 2 aromatic rings. The molecule has 0 bridgehead atoms. The van der Waals surface area contributed by atoms with Gasteiger partial charge in [0.15, 0.2) is 5.69 Å². The molecule has 19 heavy (non-hydrogen) atoms. The normalized spacial score (nSPS) is 10.8. The van der Waals surface area contributed by atoms with Crippen LogP contribution in [0.15, 0.2) is 5.38 Å². The van der Waals surface area contributed by atoms with Gasteiger partial charge in [0.25, 0.3) is 0 Å². The Hall–Kier alpha value is -1.80. The molecule has 0 fully saturated rings. The highest BCUT2D eigenvalue weighted by Gasteiger charge is 2.18. The number of rotatable bonds is 6. The van der Waals surface area contributed by atoms with Crippen LogP contribution in [0.2, 0.25) is 0 Å². The number of aromatic nitrogens is 4. The molecule has 0 aliphatic heterocycles. The monoisotopic (exact) mass is 281 g/mol. The van der Waals surface area contributed by atoms with Crippen LogP contribution in [0.4, 0.5) is 0 Å². The summed E-state index contributed by atoms with van der Waals surface area (Å²) in [5.74, 6) is -1.08. The van der Waals surface area contributed by atoms with Crippen molar-refractivity contribution < 1.29 is 9.90 Å². The summed E-state index contributed by atoms with van der Waals surface area (Å²) in [6, 6.07) is 0. The minimum absolute atomic E-state index is 0.0311. The lowest BCUT2D eigenvalue weighted by Gasteiger charge is -2.03. The number of aromatic carboxylic acids is 1. The Morgan fingerprint density at radius 2 is 2.37 bits per heavy atom. The lowest BCUT2D eigenvalue weighted by molar-refractivity contribution is 0.0689. The number of aryl methyl sites for hydroxylation is 1. The van der Waals surface area contributed by atoms with Gasteiger partial charge in [-0.3, -0.25) is 0 Å². The lowest BCUT2D eigenvalue weighted by atomic mass is 10.2. The number of carbonyl (C=O) groups is 1. The first-order valence-corrected chi connectivity index (χ1v) is 6.82. The summed E-state index contributed by atoms with van der Waals surface area (Å²) in [5, 5.41) is 19.6. The molecule has 2 aromatic heterocycles. The van der Waals surface area contributed by atoms with Crippen molar-refractivity contribution in [1.82, 2.24) is 20.0 Å². The van der Waals surface area contributed by atoms with Crippen molar-refractivity contribution in [3.8, 4) is 0 Å². The van der Waals surface area contributed by atoms with E-state index in [2.05, 4.69) is 15.3 Å². The molecule has 0 aliphatic rings. The molecule has 0 saturated carbocycles. The van der Waals surface area contributed by atoms with E-state index in [9.17, 15) is 4.79 Å². The molecule has 3 N–H and O–H groups in total. The first kappa shape index (κ1) is 13.6. The Bertz CT molecular complexity index is 577. The average Bonchev–Trinajstić information content (AvgIpc) is 2.98. The molecular weight excluding hydrogens is 266 g/mol. The van der Waals surface area contributed by atoms with Gasteiger partial charge in [-0.2, -0.15) is 0 Å². The van der Waals surface area contributed by atoms with Gasteiger partial charge in [-0.1, -0.05) is 12.1 Å². The van der Waals surface area contributed by atoms with Crippen LogP contribution in [0.5, 0.6) is 0 Å². The Labute approximate surface area is 114 Å². The van der Waals surface area contributed by atoms with E-state index in [1.807, 2.05) is 12.3 Å². The predicted octanol–water partition coefficient (Wildman–Crippen LogP) is 0.545. The Kier molecular flexibility index (Phi) is 4.23. The van der Waals surface area contributed by atoms with Gasteiger partial charge in [0, 0.05) is 11.8 Å². The van der Waals surface area contributed by atoms with Gasteiger partial charge in [0.1, 0.15) is 0 Å². The van der Waals surface area contributed by atoms with Crippen LogP contribution in [0.25, 0.3) is 0 Å². The van der Waals surface area contributed by atoms with E-state index >= 15 is 0 Å². The van der Waals surface area contributed by atoms with E-state index in [-0.39, 0.29) is 5.69 Å². The molecule has 0 aromatic carbocycles. The topological polar surface area (TPSA) is 107 Å². The zero-order valence-electron chi connectivity index (χ0n) is 10.5.